The maximum atomic E-state index is 11.7. The average molecular weight is 371 g/mol. The zero-order chi connectivity index (χ0) is 18.5. The molecule has 0 amide bonds. The molecular weight excluding hydrogens is 354 g/mol. The van der Waals surface area contributed by atoms with Gasteiger partial charge in [0, 0.05) is 23.7 Å². The van der Waals surface area contributed by atoms with Gasteiger partial charge in [-0.1, -0.05) is 24.3 Å². The molecule has 0 fully saturated rings. The van der Waals surface area contributed by atoms with E-state index in [1.807, 2.05) is 0 Å². The van der Waals surface area contributed by atoms with E-state index in [-0.39, 0.29) is 28.5 Å². The van der Waals surface area contributed by atoms with Crippen molar-refractivity contribution in [1.82, 2.24) is 0 Å². The molecule has 3 atom stereocenters. The average Bonchev–Trinajstić information content (AvgIpc) is 3.10. The second-order valence-corrected chi connectivity index (χ2v) is 8.18. The number of benzene rings is 2. The van der Waals surface area contributed by atoms with Crippen molar-refractivity contribution < 1.29 is 13.3 Å². The summed E-state index contributed by atoms with van der Waals surface area (Å²) in [7, 11) is -3.76. The number of nitro groups is 1. The highest BCUT2D eigenvalue weighted by molar-refractivity contribution is 7.89. The summed E-state index contributed by atoms with van der Waals surface area (Å²) in [5.41, 5.74) is 2.79. The van der Waals surface area contributed by atoms with E-state index in [0.717, 1.165) is 23.2 Å². The van der Waals surface area contributed by atoms with Crippen molar-refractivity contribution in [2.24, 2.45) is 11.1 Å². The molecule has 8 heteroatoms. The summed E-state index contributed by atoms with van der Waals surface area (Å²) in [5.74, 6) is 0.285. The summed E-state index contributed by atoms with van der Waals surface area (Å²) in [4.78, 5) is 10.6. The van der Waals surface area contributed by atoms with Gasteiger partial charge in [-0.2, -0.15) is 0 Å². The van der Waals surface area contributed by atoms with Crippen LogP contribution in [0.3, 0.4) is 0 Å². The summed E-state index contributed by atoms with van der Waals surface area (Å²) in [6.45, 7) is 0. The first-order chi connectivity index (χ1) is 12.3. The molecule has 1 aliphatic carbocycles. The number of nitro benzene ring substituents is 1. The number of nitrogens with zero attached hydrogens (tertiary/aromatic N) is 1. The van der Waals surface area contributed by atoms with Crippen LogP contribution in [0.5, 0.6) is 0 Å². The molecule has 2 aromatic rings. The first-order valence-corrected chi connectivity index (χ1v) is 9.73. The Balaban J connectivity index is 1.74. The van der Waals surface area contributed by atoms with E-state index in [4.69, 9.17) is 5.14 Å². The predicted molar refractivity (Wildman–Crippen MR) is 97.3 cm³/mol. The second kappa shape index (κ2) is 5.93. The van der Waals surface area contributed by atoms with Gasteiger partial charge in [-0.05, 0) is 41.7 Å². The van der Waals surface area contributed by atoms with E-state index in [2.05, 4.69) is 17.5 Å². The fourth-order valence-electron chi connectivity index (χ4n) is 3.88. The third-order valence-corrected chi connectivity index (χ3v) is 6.04. The number of rotatable bonds is 3. The van der Waals surface area contributed by atoms with Crippen LogP contribution in [0.1, 0.15) is 29.5 Å². The molecule has 7 nitrogen and oxygen atoms in total. The summed E-state index contributed by atoms with van der Waals surface area (Å²) in [5, 5.41) is 19.6. The summed E-state index contributed by atoms with van der Waals surface area (Å²) >= 11 is 0. The Bertz CT molecular complexity index is 1020. The lowest BCUT2D eigenvalue weighted by atomic mass is 9.77. The van der Waals surface area contributed by atoms with Gasteiger partial charge in [0.1, 0.15) is 0 Å². The summed E-state index contributed by atoms with van der Waals surface area (Å²) < 4.78 is 23.3. The quantitative estimate of drug-likeness (QED) is 0.489. The molecule has 1 heterocycles. The Labute approximate surface area is 150 Å². The van der Waals surface area contributed by atoms with Crippen LogP contribution in [0, 0.1) is 16.0 Å². The molecule has 134 valence electrons. The van der Waals surface area contributed by atoms with Gasteiger partial charge in [0.25, 0.3) is 5.69 Å². The van der Waals surface area contributed by atoms with E-state index >= 15 is 0 Å². The van der Waals surface area contributed by atoms with E-state index in [0.29, 0.717) is 0 Å². The minimum Gasteiger partial charge on any atom is -0.378 e. The Hall–Kier alpha value is -2.71. The van der Waals surface area contributed by atoms with Gasteiger partial charge in [-0.25, -0.2) is 13.6 Å². The predicted octanol–water partition coefficient (Wildman–Crippen LogP) is 3.07. The number of fused-ring (bicyclic) bond motifs is 3. The number of sulfonamides is 1. The van der Waals surface area contributed by atoms with Crippen molar-refractivity contribution in [3.8, 4) is 0 Å². The monoisotopic (exact) mass is 371 g/mol. The van der Waals surface area contributed by atoms with E-state index in [1.54, 1.807) is 24.3 Å². The molecule has 1 aliphatic heterocycles. The maximum Gasteiger partial charge on any atom is 0.269 e. The van der Waals surface area contributed by atoms with Crippen molar-refractivity contribution in [1.29, 1.82) is 0 Å². The zero-order valence-corrected chi connectivity index (χ0v) is 14.5. The number of hydrogen-bond donors (Lipinski definition) is 2. The van der Waals surface area contributed by atoms with Crippen LogP contribution >= 0.6 is 0 Å². The van der Waals surface area contributed by atoms with E-state index in [1.165, 1.54) is 18.2 Å². The van der Waals surface area contributed by atoms with Crippen molar-refractivity contribution in [3.63, 3.8) is 0 Å². The van der Waals surface area contributed by atoms with Gasteiger partial charge in [0.15, 0.2) is 0 Å². The van der Waals surface area contributed by atoms with Crippen LogP contribution in [0.25, 0.3) is 0 Å². The van der Waals surface area contributed by atoms with Crippen molar-refractivity contribution in [3.05, 3.63) is 75.9 Å². The smallest absolute Gasteiger partial charge is 0.269 e. The lowest BCUT2D eigenvalue weighted by Gasteiger charge is -2.37. The van der Waals surface area contributed by atoms with Gasteiger partial charge in [0.05, 0.1) is 15.9 Å². The van der Waals surface area contributed by atoms with Gasteiger partial charge < -0.3 is 5.32 Å². The van der Waals surface area contributed by atoms with Gasteiger partial charge in [0.2, 0.25) is 10.0 Å². The SMILES string of the molecule is NS(=O)(=O)c1ccc2c(c1)[C@@H]1C=CC[C@@H]1[C@H](c1ccc([N+](=O)[O-])cc1)N2. The van der Waals surface area contributed by atoms with Gasteiger partial charge in [-0.15, -0.1) is 0 Å². The Morgan fingerprint density at radius 3 is 2.54 bits per heavy atom. The van der Waals surface area contributed by atoms with Gasteiger partial charge >= 0.3 is 0 Å². The molecule has 0 saturated heterocycles. The summed E-state index contributed by atoms with van der Waals surface area (Å²) in [6, 6.07) is 11.4. The molecule has 0 spiro atoms. The highest BCUT2D eigenvalue weighted by Crippen LogP contribution is 2.50. The van der Waals surface area contributed by atoms with Crippen LogP contribution in [0.4, 0.5) is 11.4 Å². The second-order valence-electron chi connectivity index (χ2n) is 6.62. The summed E-state index contributed by atoms with van der Waals surface area (Å²) in [6.07, 6.45) is 5.03. The molecule has 0 radical (unpaired) electrons. The van der Waals surface area contributed by atoms with Crippen molar-refractivity contribution >= 4 is 21.4 Å². The molecule has 0 unspecified atom stereocenters. The number of nitrogens with two attached hydrogens (primary N) is 1. The lowest BCUT2D eigenvalue weighted by Crippen LogP contribution is -2.29. The number of nitrogens with one attached hydrogen (secondary N) is 1. The molecule has 2 aromatic carbocycles. The molecule has 0 bridgehead atoms. The minimum absolute atomic E-state index is 0.0105. The highest BCUT2D eigenvalue weighted by Gasteiger charge is 2.38. The standard InChI is InChI=1S/C18H17N3O4S/c19-26(24,25)13-8-9-17-16(10-13)14-2-1-3-15(14)18(20-17)11-4-6-12(7-5-11)21(22)23/h1-2,4-10,14-15,18,20H,3H2,(H2,19,24,25)/t14-,15+,18+/m1/s1. The molecular formula is C18H17N3O4S. The molecule has 4 rings (SSSR count). The normalized spacial score (nSPS) is 23.8. The van der Waals surface area contributed by atoms with Gasteiger partial charge in [-0.3, -0.25) is 10.1 Å². The largest absolute Gasteiger partial charge is 0.378 e. The highest BCUT2D eigenvalue weighted by atomic mass is 32.2. The Morgan fingerprint density at radius 1 is 1.15 bits per heavy atom. The van der Waals surface area contributed by atoms with Crippen LogP contribution < -0.4 is 10.5 Å². The molecule has 0 saturated carbocycles. The Morgan fingerprint density at radius 2 is 1.88 bits per heavy atom. The topological polar surface area (TPSA) is 115 Å². The maximum absolute atomic E-state index is 11.7. The fourth-order valence-corrected chi connectivity index (χ4v) is 4.43. The number of hydrogen-bond acceptors (Lipinski definition) is 5. The van der Waals surface area contributed by atoms with Crippen LogP contribution in [0.2, 0.25) is 0 Å². The van der Waals surface area contributed by atoms with Crippen LogP contribution in [-0.4, -0.2) is 13.3 Å². The molecule has 0 aromatic heterocycles. The molecule has 2 aliphatic rings. The zero-order valence-electron chi connectivity index (χ0n) is 13.7. The first-order valence-electron chi connectivity index (χ1n) is 8.19. The number of anilines is 1. The van der Waals surface area contributed by atoms with Crippen LogP contribution in [-0.2, 0) is 10.0 Å². The van der Waals surface area contributed by atoms with E-state index < -0.39 is 14.9 Å². The first kappa shape index (κ1) is 16.7. The number of allylic oxidation sites excluding steroid dienone is 2. The third kappa shape index (κ3) is 2.77. The molecule has 3 N–H and O–H groups in total. The van der Waals surface area contributed by atoms with Crippen molar-refractivity contribution in [2.75, 3.05) is 5.32 Å². The molecule has 26 heavy (non-hydrogen) atoms. The number of non-ortho nitro benzene ring substituents is 1. The Kier molecular flexibility index (Phi) is 3.82. The van der Waals surface area contributed by atoms with Crippen LogP contribution in [0.15, 0.2) is 59.5 Å². The van der Waals surface area contributed by atoms with E-state index in [9.17, 15) is 18.5 Å². The minimum atomic E-state index is -3.76. The van der Waals surface area contributed by atoms with Crippen molar-refractivity contribution in [2.45, 2.75) is 23.3 Å². The number of primary sulfonamides is 1. The fraction of sp³-hybridized carbons (Fsp3) is 0.222. The lowest BCUT2D eigenvalue weighted by molar-refractivity contribution is -0.384. The third-order valence-electron chi connectivity index (χ3n) is 5.13.